The Morgan fingerprint density at radius 1 is 0.641 bits per heavy atom. The van der Waals surface area contributed by atoms with Gasteiger partial charge in [0.1, 0.15) is 22.7 Å². The Balaban J connectivity index is 1.39. The van der Waals surface area contributed by atoms with Crippen molar-refractivity contribution in [1.29, 1.82) is 0 Å². The zero-order chi connectivity index (χ0) is 27.3. The first kappa shape index (κ1) is 24.1. The molecule has 9 nitrogen and oxygen atoms in total. The minimum absolute atomic E-state index is 0.0618. The van der Waals surface area contributed by atoms with Crippen LogP contribution in [0.15, 0.2) is 72.8 Å². The van der Waals surface area contributed by atoms with Crippen molar-refractivity contribution < 1.29 is 24.2 Å². The summed E-state index contributed by atoms with van der Waals surface area (Å²) in [6, 6.07) is 20.3. The fourth-order valence-corrected chi connectivity index (χ4v) is 4.70. The normalized spacial score (nSPS) is 12.2. The van der Waals surface area contributed by atoms with Crippen molar-refractivity contribution in [1.82, 2.24) is 19.9 Å². The summed E-state index contributed by atoms with van der Waals surface area (Å²) in [7, 11) is 0. The number of aromatic nitrogens is 4. The lowest BCUT2D eigenvalue weighted by Gasteiger charge is -2.16. The minimum Gasteiger partial charge on any atom is -0.478 e. The highest BCUT2D eigenvalue weighted by molar-refractivity contribution is 6.08. The largest absolute Gasteiger partial charge is 0.478 e. The molecule has 9 heteroatoms. The minimum atomic E-state index is -1.09. The van der Waals surface area contributed by atoms with Gasteiger partial charge in [0.2, 0.25) is 0 Å². The summed E-state index contributed by atoms with van der Waals surface area (Å²) >= 11 is 0. The number of fused-ring (bicyclic) bond motifs is 4. The van der Waals surface area contributed by atoms with Gasteiger partial charge >= 0.3 is 11.9 Å². The summed E-state index contributed by atoms with van der Waals surface area (Å²) < 4.78 is 5.86. The van der Waals surface area contributed by atoms with Crippen LogP contribution < -0.4 is 0 Å². The van der Waals surface area contributed by atoms with Crippen LogP contribution in [0.2, 0.25) is 0 Å². The highest BCUT2D eigenvalue weighted by Gasteiger charge is 2.21. The van der Waals surface area contributed by atoms with E-state index in [1.807, 2.05) is 0 Å². The molecule has 0 bridgehead atoms. The molecule has 0 saturated heterocycles. The summed E-state index contributed by atoms with van der Waals surface area (Å²) in [5.41, 5.74) is 4.91. The lowest BCUT2D eigenvalue weighted by molar-refractivity contribution is 0.0342. The van der Waals surface area contributed by atoms with Gasteiger partial charge in [-0.3, -0.25) is 4.79 Å². The molecular formula is C30H20N4O5. The summed E-state index contributed by atoms with van der Waals surface area (Å²) in [5, 5.41) is 9.53. The number of hydrogen-bond acceptors (Lipinski definition) is 8. The number of carboxylic acids is 1. The number of esters is 1. The van der Waals surface area contributed by atoms with E-state index < -0.39 is 18.0 Å². The van der Waals surface area contributed by atoms with Crippen molar-refractivity contribution in [2.45, 2.75) is 20.0 Å². The van der Waals surface area contributed by atoms with Gasteiger partial charge in [-0.15, -0.1) is 0 Å². The van der Waals surface area contributed by atoms with Crippen LogP contribution in [0.1, 0.15) is 56.6 Å². The molecule has 0 aliphatic rings. The summed E-state index contributed by atoms with van der Waals surface area (Å²) in [5.74, 6) is -1.80. The molecule has 1 atom stereocenters. The molecule has 0 fully saturated rings. The first-order chi connectivity index (χ1) is 18.8. The maximum atomic E-state index is 13.4. The lowest BCUT2D eigenvalue weighted by atomic mass is 10.1. The van der Waals surface area contributed by atoms with Crippen LogP contribution >= 0.6 is 0 Å². The highest BCUT2D eigenvalue weighted by atomic mass is 16.5. The molecule has 0 aliphatic heterocycles. The number of carboxylic acid groups (broad SMARTS) is 1. The van der Waals surface area contributed by atoms with Crippen molar-refractivity contribution in [3.8, 4) is 0 Å². The molecule has 6 aromatic rings. The van der Waals surface area contributed by atoms with E-state index in [0.29, 0.717) is 49.7 Å². The van der Waals surface area contributed by atoms with Gasteiger partial charge < -0.3 is 9.84 Å². The predicted molar refractivity (Wildman–Crippen MR) is 145 cm³/mol. The molecule has 0 amide bonds. The third-order valence-corrected chi connectivity index (χ3v) is 6.57. The smallest absolute Gasteiger partial charge is 0.341 e. The predicted octanol–water partition coefficient (Wildman–Crippen LogP) is 5.70. The number of benzene rings is 4. The van der Waals surface area contributed by atoms with Crippen LogP contribution in [0.4, 0.5) is 0 Å². The van der Waals surface area contributed by atoms with Crippen molar-refractivity contribution in [3.05, 3.63) is 95.1 Å². The number of ether oxygens (including phenoxy) is 1. The first-order valence-corrected chi connectivity index (χ1v) is 12.2. The molecule has 2 aromatic heterocycles. The van der Waals surface area contributed by atoms with E-state index in [-0.39, 0.29) is 22.4 Å². The number of Topliss-reactive ketones (excluding diaryl/α,β-unsaturated/α-hetero) is 1. The molecule has 1 N–H and O–H groups in total. The number of aromatic carboxylic acids is 1. The van der Waals surface area contributed by atoms with E-state index in [1.165, 1.54) is 13.0 Å². The van der Waals surface area contributed by atoms with Crippen LogP contribution in [0.3, 0.4) is 0 Å². The molecule has 6 rings (SSSR count). The summed E-state index contributed by atoms with van der Waals surface area (Å²) in [6.45, 7) is 3.21. The van der Waals surface area contributed by atoms with Gasteiger partial charge in [-0.25, -0.2) is 29.5 Å². The van der Waals surface area contributed by atoms with Gasteiger partial charge in [-0.1, -0.05) is 30.3 Å². The Hall–Kier alpha value is -5.31. The maximum Gasteiger partial charge on any atom is 0.341 e. The molecule has 2 heterocycles. The van der Waals surface area contributed by atoms with Gasteiger partial charge in [0.25, 0.3) is 0 Å². The Bertz CT molecular complexity index is 2000. The van der Waals surface area contributed by atoms with Crippen LogP contribution in [0, 0.1) is 0 Å². The van der Waals surface area contributed by atoms with Gasteiger partial charge in [-0.2, -0.15) is 0 Å². The number of nitrogens with zero attached hydrogens (tertiary/aromatic N) is 4. The second-order valence-corrected chi connectivity index (χ2v) is 9.09. The van der Waals surface area contributed by atoms with Crippen molar-refractivity contribution >= 4 is 61.9 Å². The topological polar surface area (TPSA) is 132 Å². The number of rotatable bonds is 5. The Morgan fingerprint density at radius 2 is 1.08 bits per heavy atom. The number of hydrogen-bond donors (Lipinski definition) is 1. The Labute approximate surface area is 221 Å². The maximum absolute atomic E-state index is 13.4. The third-order valence-electron chi connectivity index (χ3n) is 6.57. The van der Waals surface area contributed by atoms with Gasteiger partial charge in [0.05, 0.1) is 38.7 Å². The molecule has 39 heavy (non-hydrogen) atoms. The van der Waals surface area contributed by atoms with Crippen LogP contribution in [0.5, 0.6) is 0 Å². The molecule has 0 spiro atoms. The van der Waals surface area contributed by atoms with Gasteiger partial charge in [0.15, 0.2) is 5.78 Å². The average Bonchev–Trinajstić information content (AvgIpc) is 2.93. The van der Waals surface area contributed by atoms with E-state index in [9.17, 15) is 19.5 Å². The summed E-state index contributed by atoms with van der Waals surface area (Å²) in [4.78, 5) is 55.5. The molecule has 0 radical (unpaired) electrons. The molecule has 4 aromatic carbocycles. The zero-order valence-electron chi connectivity index (χ0n) is 20.9. The van der Waals surface area contributed by atoms with Crippen LogP contribution in [-0.2, 0) is 4.74 Å². The van der Waals surface area contributed by atoms with Gasteiger partial charge in [0, 0.05) is 11.1 Å². The molecular weight excluding hydrogens is 496 g/mol. The van der Waals surface area contributed by atoms with E-state index in [1.54, 1.807) is 73.7 Å². The standard InChI is InChI=1S/C30H20N4O5/c1-15(35)17-7-3-11-21-25(17)31-24-14-6-10-20(28(24)34-21)30(38)39-16(2)18-8-4-12-22-26(18)32-23-13-5-9-19(29(36)37)27(23)33-22/h3-14,16H,1-2H3,(H,36,37). The second-order valence-electron chi connectivity index (χ2n) is 9.09. The number of ketones is 1. The SMILES string of the molecule is CC(=O)c1cccc2nc3c(C(=O)OC(C)c4cccc5nc6c(C(=O)O)cccc6nc45)cccc3nc12. The Morgan fingerprint density at radius 3 is 1.64 bits per heavy atom. The summed E-state index contributed by atoms with van der Waals surface area (Å²) in [6.07, 6.45) is -0.705. The lowest BCUT2D eigenvalue weighted by Crippen LogP contribution is -2.11. The monoisotopic (exact) mass is 516 g/mol. The number of para-hydroxylation sites is 4. The molecule has 1 unspecified atom stereocenters. The molecule has 190 valence electrons. The number of carbonyl (C=O) groups excluding carboxylic acids is 2. The third kappa shape index (κ3) is 4.10. The quantitative estimate of drug-likeness (QED) is 0.174. The highest BCUT2D eigenvalue weighted by Crippen LogP contribution is 2.29. The van der Waals surface area contributed by atoms with Crippen LogP contribution in [0.25, 0.3) is 44.1 Å². The average molecular weight is 517 g/mol. The second kappa shape index (κ2) is 9.21. The van der Waals surface area contributed by atoms with E-state index in [0.717, 1.165) is 0 Å². The van der Waals surface area contributed by atoms with Gasteiger partial charge in [-0.05, 0) is 56.3 Å². The van der Waals surface area contributed by atoms with Crippen molar-refractivity contribution in [3.63, 3.8) is 0 Å². The molecule has 0 saturated carbocycles. The van der Waals surface area contributed by atoms with Crippen LogP contribution in [-0.4, -0.2) is 42.8 Å². The van der Waals surface area contributed by atoms with Crippen molar-refractivity contribution in [2.75, 3.05) is 0 Å². The first-order valence-electron chi connectivity index (χ1n) is 12.2. The van der Waals surface area contributed by atoms with Crippen molar-refractivity contribution in [2.24, 2.45) is 0 Å². The Kier molecular flexibility index (Phi) is 5.68. The zero-order valence-corrected chi connectivity index (χ0v) is 20.9. The van der Waals surface area contributed by atoms with E-state index in [2.05, 4.69) is 19.9 Å². The molecule has 0 aliphatic carbocycles. The van der Waals surface area contributed by atoms with E-state index in [4.69, 9.17) is 4.74 Å². The fourth-order valence-electron chi connectivity index (χ4n) is 4.70. The number of carbonyl (C=O) groups is 3. The van der Waals surface area contributed by atoms with E-state index >= 15 is 0 Å². The fraction of sp³-hybridized carbons (Fsp3) is 0.100.